The Morgan fingerprint density at radius 3 is 3.36 bits per heavy atom. The van der Waals surface area contributed by atoms with E-state index in [0.29, 0.717) is 6.04 Å². The highest BCUT2D eigenvalue weighted by Crippen LogP contribution is 2.07. The number of nitrogens with zero attached hydrogens (tertiary/aromatic N) is 2. The Hall–Kier alpha value is -0.680. The van der Waals surface area contributed by atoms with Gasteiger partial charge in [-0.2, -0.15) is 8.75 Å². The second-order valence-electron chi connectivity index (χ2n) is 2.63. The molecule has 1 saturated heterocycles. The average Bonchev–Trinajstić information content (AvgIpc) is 2.60. The summed E-state index contributed by atoms with van der Waals surface area (Å²) in [5.74, 6) is 0.906. The first-order valence-corrected chi connectivity index (χ1v) is 4.43. The molecule has 2 rings (SSSR count). The molecule has 0 saturated carbocycles. The van der Waals surface area contributed by atoms with Crippen molar-refractivity contribution in [1.82, 2.24) is 14.1 Å². The molecule has 4 nitrogen and oxygen atoms in total. The van der Waals surface area contributed by atoms with E-state index in [-0.39, 0.29) is 0 Å². The van der Waals surface area contributed by atoms with E-state index < -0.39 is 0 Å². The minimum Gasteiger partial charge on any atom is -0.364 e. The van der Waals surface area contributed by atoms with E-state index in [1.807, 2.05) is 0 Å². The number of rotatable bonds is 2. The molecule has 60 valence electrons. The molecular weight excluding hydrogens is 160 g/mol. The number of hydrogen-bond donors (Lipinski definition) is 2. The molecule has 1 aliphatic rings. The summed E-state index contributed by atoms with van der Waals surface area (Å²) in [6.07, 6.45) is 2.94. The monoisotopic (exact) mass is 170 g/mol. The first-order valence-electron chi connectivity index (χ1n) is 3.70. The fourth-order valence-corrected chi connectivity index (χ4v) is 1.60. The van der Waals surface area contributed by atoms with Crippen molar-refractivity contribution in [3.05, 3.63) is 6.20 Å². The first kappa shape index (κ1) is 7.00. The van der Waals surface area contributed by atoms with Crippen LogP contribution in [-0.4, -0.2) is 27.9 Å². The Morgan fingerprint density at radius 2 is 2.73 bits per heavy atom. The van der Waals surface area contributed by atoms with Crippen LogP contribution < -0.4 is 10.6 Å². The summed E-state index contributed by atoms with van der Waals surface area (Å²) in [5.41, 5.74) is 0. The summed E-state index contributed by atoms with van der Waals surface area (Å²) in [4.78, 5) is 0. The molecule has 5 heteroatoms. The topological polar surface area (TPSA) is 49.8 Å². The molecule has 0 spiro atoms. The molecular formula is C6H10N4S. The summed E-state index contributed by atoms with van der Waals surface area (Å²) < 4.78 is 7.98. The zero-order valence-electron chi connectivity index (χ0n) is 6.08. The van der Waals surface area contributed by atoms with Gasteiger partial charge in [0.25, 0.3) is 0 Å². The minimum atomic E-state index is 0.541. The van der Waals surface area contributed by atoms with E-state index in [1.54, 1.807) is 6.20 Å². The van der Waals surface area contributed by atoms with Crippen molar-refractivity contribution < 1.29 is 0 Å². The van der Waals surface area contributed by atoms with Crippen LogP contribution in [0.4, 0.5) is 5.82 Å². The number of aromatic nitrogens is 2. The highest BCUT2D eigenvalue weighted by atomic mass is 32.1. The molecule has 0 bridgehead atoms. The smallest absolute Gasteiger partial charge is 0.160 e. The number of nitrogens with one attached hydrogen (secondary N) is 2. The molecule has 0 amide bonds. The van der Waals surface area contributed by atoms with Crippen LogP contribution in [0.1, 0.15) is 6.42 Å². The molecule has 1 unspecified atom stereocenters. The highest BCUT2D eigenvalue weighted by molar-refractivity contribution is 6.99. The highest BCUT2D eigenvalue weighted by Gasteiger charge is 2.14. The third kappa shape index (κ3) is 1.66. The van der Waals surface area contributed by atoms with Gasteiger partial charge >= 0.3 is 0 Å². The molecule has 2 heterocycles. The molecule has 1 aromatic heterocycles. The zero-order chi connectivity index (χ0) is 7.52. The molecule has 1 aromatic rings. The lowest BCUT2D eigenvalue weighted by molar-refractivity contribution is 0.790. The van der Waals surface area contributed by atoms with Crippen LogP contribution in [0.3, 0.4) is 0 Å². The first-order chi connectivity index (χ1) is 5.45. The fourth-order valence-electron chi connectivity index (χ4n) is 1.22. The van der Waals surface area contributed by atoms with Crippen LogP contribution in [0, 0.1) is 0 Å². The molecule has 0 aliphatic carbocycles. The van der Waals surface area contributed by atoms with E-state index in [4.69, 9.17) is 0 Å². The number of hydrogen-bond acceptors (Lipinski definition) is 5. The van der Waals surface area contributed by atoms with E-state index in [0.717, 1.165) is 18.9 Å². The van der Waals surface area contributed by atoms with E-state index in [9.17, 15) is 0 Å². The molecule has 1 atom stereocenters. The van der Waals surface area contributed by atoms with Gasteiger partial charge in [0.1, 0.15) is 0 Å². The Labute approximate surface area is 69.3 Å². The second-order valence-corrected chi connectivity index (χ2v) is 3.18. The van der Waals surface area contributed by atoms with Crippen molar-refractivity contribution in [3.8, 4) is 0 Å². The molecule has 1 fully saturated rings. The van der Waals surface area contributed by atoms with Crippen LogP contribution in [0.2, 0.25) is 0 Å². The van der Waals surface area contributed by atoms with Crippen molar-refractivity contribution in [3.63, 3.8) is 0 Å². The summed E-state index contributed by atoms with van der Waals surface area (Å²) >= 11 is 1.24. The molecule has 11 heavy (non-hydrogen) atoms. The van der Waals surface area contributed by atoms with Gasteiger partial charge in [0.15, 0.2) is 5.82 Å². The Kier molecular flexibility index (Phi) is 2.00. The summed E-state index contributed by atoms with van der Waals surface area (Å²) in [7, 11) is 0. The Balaban J connectivity index is 1.90. The standard InChI is InChI=1S/C6H10N4S/c1-2-7-3-5(1)9-6-4-8-11-10-6/h4-5,7H,1-3H2,(H,9,10). The molecule has 0 radical (unpaired) electrons. The third-order valence-corrected chi connectivity index (χ3v) is 2.25. The van der Waals surface area contributed by atoms with Crippen molar-refractivity contribution in [1.29, 1.82) is 0 Å². The van der Waals surface area contributed by atoms with Gasteiger partial charge in [-0.05, 0) is 13.0 Å². The van der Waals surface area contributed by atoms with Gasteiger partial charge in [0, 0.05) is 12.6 Å². The lowest BCUT2D eigenvalue weighted by Crippen LogP contribution is -2.22. The van der Waals surface area contributed by atoms with Crippen LogP contribution >= 0.6 is 11.7 Å². The maximum absolute atomic E-state index is 4.07. The van der Waals surface area contributed by atoms with Gasteiger partial charge in [0.05, 0.1) is 17.9 Å². The van der Waals surface area contributed by atoms with Crippen LogP contribution in [0.5, 0.6) is 0 Å². The van der Waals surface area contributed by atoms with E-state index in [2.05, 4.69) is 19.4 Å². The molecule has 0 aromatic carbocycles. The maximum atomic E-state index is 4.07. The number of anilines is 1. The van der Waals surface area contributed by atoms with Crippen molar-refractivity contribution in [2.45, 2.75) is 12.5 Å². The third-order valence-electron chi connectivity index (χ3n) is 1.77. The predicted octanol–water partition coefficient (Wildman–Crippen LogP) is 0.312. The van der Waals surface area contributed by atoms with E-state index >= 15 is 0 Å². The van der Waals surface area contributed by atoms with Crippen LogP contribution in [0.25, 0.3) is 0 Å². The summed E-state index contributed by atoms with van der Waals surface area (Å²) in [6, 6.07) is 0.541. The fraction of sp³-hybridized carbons (Fsp3) is 0.667. The molecule has 1 aliphatic heterocycles. The van der Waals surface area contributed by atoms with Crippen LogP contribution in [-0.2, 0) is 0 Å². The van der Waals surface area contributed by atoms with Crippen LogP contribution in [0.15, 0.2) is 6.20 Å². The average molecular weight is 170 g/mol. The van der Waals surface area contributed by atoms with Crippen molar-refractivity contribution in [2.24, 2.45) is 0 Å². The minimum absolute atomic E-state index is 0.541. The van der Waals surface area contributed by atoms with Gasteiger partial charge in [-0.25, -0.2) is 0 Å². The van der Waals surface area contributed by atoms with Gasteiger partial charge in [-0.1, -0.05) is 0 Å². The maximum Gasteiger partial charge on any atom is 0.160 e. The van der Waals surface area contributed by atoms with Gasteiger partial charge < -0.3 is 10.6 Å². The Morgan fingerprint density at radius 1 is 1.73 bits per heavy atom. The largest absolute Gasteiger partial charge is 0.364 e. The summed E-state index contributed by atoms with van der Waals surface area (Å²) in [5, 5.41) is 6.57. The lowest BCUT2D eigenvalue weighted by Gasteiger charge is -2.07. The predicted molar refractivity (Wildman–Crippen MR) is 44.8 cm³/mol. The van der Waals surface area contributed by atoms with Crippen molar-refractivity contribution in [2.75, 3.05) is 18.4 Å². The normalized spacial score (nSPS) is 23.8. The zero-order valence-corrected chi connectivity index (χ0v) is 6.90. The van der Waals surface area contributed by atoms with Gasteiger partial charge in [0.2, 0.25) is 0 Å². The SMILES string of the molecule is c1nsnc1NC1CCNC1. The quantitative estimate of drug-likeness (QED) is 0.671. The lowest BCUT2D eigenvalue weighted by atomic mass is 10.3. The summed E-state index contributed by atoms with van der Waals surface area (Å²) in [6.45, 7) is 2.15. The Bertz CT molecular complexity index is 204. The molecule has 2 N–H and O–H groups in total. The van der Waals surface area contributed by atoms with Crippen molar-refractivity contribution >= 4 is 17.5 Å². The second kappa shape index (κ2) is 3.15. The van der Waals surface area contributed by atoms with Gasteiger partial charge in [-0.15, -0.1) is 0 Å². The van der Waals surface area contributed by atoms with Gasteiger partial charge in [-0.3, -0.25) is 0 Å². The van der Waals surface area contributed by atoms with E-state index in [1.165, 1.54) is 18.1 Å².